The average Bonchev–Trinajstić information content (AvgIpc) is 2.19. The predicted octanol–water partition coefficient (Wildman–Crippen LogP) is 3.05. The summed E-state index contributed by atoms with van der Waals surface area (Å²) < 4.78 is 0. The third kappa shape index (κ3) is 3.32. The molecule has 0 bridgehead atoms. The normalized spacial score (nSPS) is 9.62. The molecule has 0 heterocycles. The molecule has 0 amide bonds. The SMILES string of the molecule is C=C(NCCCC)c1ccccc1. The molecule has 1 aromatic carbocycles. The van der Waals surface area contributed by atoms with E-state index in [-0.39, 0.29) is 0 Å². The molecule has 1 aromatic rings. The summed E-state index contributed by atoms with van der Waals surface area (Å²) in [6, 6.07) is 10.2. The fourth-order valence-corrected chi connectivity index (χ4v) is 1.16. The van der Waals surface area contributed by atoms with Crippen LogP contribution < -0.4 is 5.32 Å². The maximum absolute atomic E-state index is 3.99. The predicted molar refractivity (Wildman–Crippen MR) is 58.4 cm³/mol. The summed E-state index contributed by atoms with van der Waals surface area (Å²) in [7, 11) is 0. The lowest BCUT2D eigenvalue weighted by Crippen LogP contribution is -2.12. The van der Waals surface area contributed by atoms with Crippen LogP contribution in [0.25, 0.3) is 5.70 Å². The van der Waals surface area contributed by atoms with Gasteiger partial charge in [0.05, 0.1) is 0 Å². The van der Waals surface area contributed by atoms with Crippen molar-refractivity contribution in [3.63, 3.8) is 0 Å². The Morgan fingerprint density at radius 2 is 2.00 bits per heavy atom. The molecule has 0 radical (unpaired) electrons. The van der Waals surface area contributed by atoms with E-state index in [9.17, 15) is 0 Å². The van der Waals surface area contributed by atoms with E-state index in [4.69, 9.17) is 0 Å². The topological polar surface area (TPSA) is 12.0 Å². The van der Waals surface area contributed by atoms with Crippen LogP contribution in [0.1, 0.15) is 25.3 Å². The number of nitrogens with one attached hydrogen (secondary N) is 1. The molecule has 0 fully saturated rings. The number of rotatable bonds is 5. The lowest BCUT2D eigenvalue weighted by Gasteiger charge is -2.08. The van der Waals surface area contributed by atoms with Crippen molar-refractivity contribution >= 4 is 5.70 Å². The van der Waals surface area contributed by atoms with Crippen molar-refractivity contribution in [3.8, 4) is 0 Å². The first-order chi connectivity index (χ1) is 6.34. The summed E-state index contributed by atoms with van der Waals surface area (Å²) in [5, 5.41) is 3.31. The van der Waals surface area contributed by atoms with Crippen LogP contribution in [0.5, 0.6) is 0 Å². The molecule has 0 aliphatic heterocycles. The van der Waals surface area contributed by atoms with Gasteiger partial charge in [-0.3, -0.25) is 0 Å². The summed E-state index contributed by atoms with van der Waals surface area (Å²) >= 11 is 0. The van der Waals surface area contributed by atoms with Crippen molar-refractivity contribution in [3.05, 3.63) is 42.5 Å². The van der Waals surface area contributed by atoms with E-state index < -0.39 is 0 Å². The Balaban J connectivity index is 2.40. The minimum atomic E-state index is 1.02. The van der Waals surface area contributed by atoms with Gasteiger partial charge in [-0.2, -0.15) is 0 Å². The number of hydrogen-bond donors (Lipinski definition) is 1. The van der Waals surface area contributed by atoms with E-state index in [1.54, 1.807) is 0 Å². The third-order valence-electron chi connectivity index (χ3n) is 1.99. The zero-order valence-corrected chi connectivity index (χ0v) is 8.22. The van der Waals surface area contributed by atoms with Gasteiger partial charge in [0.25, 0.3) is 0 Å². The molecule has 0 aliphatic rings. The van der Waals surface area contributed by atoms with Crippen molar-refractivity contribution in [2.45, 2.75) is 19.8 Å². The summed E-state index contributed by atoms with van der Waals surface area (Å²) in [5.74, 6) is 0. The second kappa shape index (κ2) is 5.41. The van der Waals surface area contributed by atoms with E-state index in [0.29, 0.717) is 0 Å². The van der Waals surface area contributed by atoms with Gasteiger partial charge in [0.15, 0.2) is 0 Å². The zero-order valence-electron chi connectivity index (χ0n) is 8.22. The Kier molecular flexibility index (Phi) is 4.10. The first-order valence-corrected chi connectivity index (χ1v) is 4.82. The van der Waals surface area contributed by atoms with Gasteiger partial charge < -0.3 is 5.32 Å². The van der Waals surface area contributed by atoms with Crippen molar-refractivity contribution in [2.75, 3.05) is 6.54 Å². The van der Waals surface area contributed by atoms with Gasteiger partial charge in [0.2, 0.25) is 0 Å². The van der Waals surface area contributed by atoms with Gasteiger partial charge in [0, 0.05) is 12.2 Å². The van der Waals surface area contributed by atoms with E-state index >= 15 is 0 Å². The highest BCUT2D eigenvalue weighted by Gasteiger charge is 1.94. The maximum atomic E-state index is 3.99. The summed E-state index contributed by atoms with van der Waals surface area (Å²) in [6.45, 7) is 7.19. The molecular formula is C12H17N. The molecule has 70 valence electrons. The van der Waals surface area contributed by atoms with Crippen molar-refractivity contribution < 1.29 is 0 Å². The average molecular weight is 175 g/mol. The molecule has 0 aliphatic carbocycles. The first-order valence-electron chi connectivity index (χ1n) is 4.82. The summed E-state index contributed by atoms with van der Waals surface area (Å²) in [6.07, 6.45) is 2.42. The van der Waals surface area contributed by atoms with Crippen LogP contribution in [0, 0.1) is 0 Å². The molecule has 1 heteroatoms. The second-order valence-electron chi connectivity index (χ2n) is 3.12. The zero-order chi connectivity index (χ0) is 9.52. The van der Waals surface area contributed by atoms with Gasteiger partial charge in [-0.05, 0) is 12.0 Å². The lowest BCUT2D eigenvalue weighted by molar-refractivity contribution is 0.745. The Hall–Kier alpha value is -1.24. The number of unbranched alkanes of at least 4 members (excludes halogenated alkanes) is 1. The van der Waals surface area contributed by atoms with Crippen molar-refractivity contribution in [1.29, 1.82) is 0 Å². The highest BCUT2D eigenvalue weighted by molar-refractivity contribution is 5.61. The summed E-state index contributed by atoms with van der Waals surface area (Å²) in [5.41, 5.74) is 2.20. The molecule has 0 aromatic heterocycles. The number of benzene rings is 1. The first kappa shape index (κ1) is 9.85. The smallest absolute Gasteiger partial charge is 0.0340 e. The van der Waals surface area contributed by atoms with Crippen LogP contribution in [0.15, 0.2) is 36.9 Å². The molecule has 0 saturated carbocycles. The van der Waals surface area contributed by atoms with Crippen LogP contribution in [0.2, 0.25) is 0 Å². The van der Waals surface area contributed by atoms with Crippen LogP contribution >= 0.6 is 0 Å². The molecule has 0 unspecified atom stereocenters. The second-order valence-corrected chi connectivity index (χ2v) is 3.12. The van der Waals surface area contributed by atoms with Crippen LogP contribution in [-0.2, 0) is 0 Å². The molecule has 1 N–H and O–H groups in total. The quantitative estimate of drug-likeness (QED) is 0.678. The molecule has 13 heavy (non-hydrogen) atoms. The standard InChI is InChI=1S/C12H17N/c1-3-4-10-13-11(2)12-8-6-5-7-9-12/h5-9,13H,2-4,10H2,1H3. The molecule has 0 spiro atoms. The molecular weight excluding hydrogens is 158 g/mol. The summed E-state index contributed by atoms with van der Waals surface area (Å²) in [4.78, 5) is 0. The van der Waals surface area contributed by atoms with Crippen molar-refractivity contribution in [2.24, 2.45) is 0 Å². The van der Waals surface area contributed by atoms with Crippen LogP contribution in [0.4, 0.5) is 0 Å². The van der Waals surface area contributed by atoms with Crippen LogP contribution in [0.3, 0.4) is 0 Å². The van der Waals surface area contributed by atoms with Crippen molar-refractivity contribution in [1.82, 2.24) is 5.32 Å². The Morgan fingerprint density at radius 3 is 2.62 bits per heavy atom. The van der Waals surface area contributed by atoms with E-state index in [1.807, 2.05) is 18.2 Å². The third-order valence-corrected chi connectivity index (χ3v) is 1.99. The monoisotopic (exact) mass is 175 g/mol. The Morgan fingerprint density at radius 1 is 1.31 bits per heavy atom. The molecule has 1 nitrogen and oxygen atoms in total. The number of hydrogen-bond acceptors (Lipinski definition) is 1. The fourth-order valence-electron chi connectivity index (χ4n) is 1.16. The molecule has 0 saturated heterocycles. The molecule has 1 rings (SSSR count). The fraction of sp³-hybridized carbons (Fsp3) is 0.333. The van der Waals surface area contributed by atoms with E-state index in [2.05, 4.69) is 31.0 Å². The highest BCUT2D eigenvalue weighted by atomic mass is 14.9. The van der Waals surface area contributed by atoms with Gasteiger partial charge >= 0.3 is 0 Å². The molecule has 0 atom stereocenters. The van der Waals surface area contributed by atoms with Gasteiger partial charge in [-0.25, -0.2) is 0 Å². The Bertz CT molecular complexity index is 251. The van der Waals surface area contributed by atoms with E-state index in [1.165, 1.54) is 18.4 Å². The lowest BCUT2D eigenvalue weighted by atomic mass is 10.2. The largest absolute Gasteiger partial charge is 0.385 e. The van der Waals surface area contributed by atoms with Gasteiger partial charge in [-0.15, -0.1) is 0 Å². The van der Waals surface area contributed by atoms with Crippen LogP contribution in [-0.4, -0.2) is 6.54 Å². The van der Waals surface area contributed by atoms with Gasteiger partial charge in [-0.1, -0.05) is 50.3 Å². The minimum Gasteiger partial charge on any atom is -0.385 e. The van der Waals surface area contributed by atoms with Gasteiger partial charge in [0.1, 0.15) is 0 Å². The Labute approximate surface area is 80.5 Å². The minimum absolute atomic E-state index is 1.02. The van der Waals surface area contributed by atoms with E-state index in [0.717, 1.165) is 12.2 Å². The highest BCUT2D eigenvalue weighted by Crippen LogP contribution is 2.07. The maximum Gasteiger partial charge on any atom is 0.0340 e.